The maximum Gasteiger partial charge on any atom is 0.159 e. The van der Waals surface area contributed by atoms with Crippen molar-refractivity contribution >= 4 is 0 Å². The van der Waals surface area contributed by atoms with Gasteiger partial charge < -0.3 is 10.4 Å². The van der Waals surface area contributed by atoms with Gasteiger partial charge in [-0.2, -0.15) is 0 Å². The monoisotopic (exact) mass is 229 g/mol. The van der Waals surface area contributed by atoms with Gasteiger partial charge in [0.05, 0.1) is 6.10 Å². The van der Waals surface area contributed by atoms with Gasteiger partial charge in [-0.15, -0.1) is 0 Å². The molecule has 90 valence electrons. The van der Waals surface area contributed by atoms with E-state index in [1.807, 2.05) is 13.8 Å². The van der Waals surface area contributed by atoms with Crippen LogP contribution in [-0.2, 0) is 0 Å². The lowest BCUT2D eigenvalue weighted by molar-refractivity contribution is 0.131. The zero-order valence-corrected chi connectivity index (χ0v) is 9.67. The van der Waals surface area contributed by atoms with E-state index >= 15 is 0 Å². The first-order chi connectivity index (χ1) is 7.41. The second-order valence-corrected chi connectivity index (χ2v) is 4.23. The highest BCUT2D eigenvalue weighted by atomic mass is 19.2. The van der Waals surface area contributed by atoms with Crippen LogP contribution in [0.5, 0.6) is 0 Å². The second kappa shape index (κ2) is 5.37. The second-order valence-electron chi connectivity index (χ2n) is 4.23. The van der Waals surface area contributed by atoms with Gasteiger partial charge in [-0.25, -0.2) is 8.78 Å². The van der Waals surface area contributed by atoms with Gasteiger partial charge in [0.15, 0.2) is 11.6 Å². The van der Waals surface area contributed by atoms with Gasteiger partial charge in [-0.3, -0.25) is 0 Å². The first-order valence-corrected chi connectivity index (χ1v) is 5.31. The van der Waals surface area contributed by atoms with Crippen molar-refractivity contribution in [3.63, 3.8) is 0 Å². The number of rotatable bonds is 4. The highest BCUT2D eigenvalue weighted by Crippen LogP contribution is 2.19. The van der Waals surface area contributed by atoms with E-state index in [4.69, 9.17) is 0 Å². The van der Waals surface area contributed by atoms with Crippen LogP contribution in [0.1, 0.15) is 32.4 Å². The minimum atomic E-state index is -0.937. The Bertz CT molecular complexity index is 355. The number of hydrogen-bond acceptors (Lipinski definition) is 2. The number of hydrogen-bond donors (Lipinski definition) is 2. The fourth-order valence-electron chi connectivity index (χ4n) is 1.60. The average Bonchev–Trinajstić information content (AvgIpc) is 2.20. The predicted molar refractivity (Wildman–Crippen MR) is 59.1 cm³/mol. The quantitative estimate of drug-likeness (QED) is 0.830. The summed E-state index contributed by atoms with van der Waals surface area (Å²) in [7, 11) is 0. The smallest absolute Gasteiger partial charge is 0.159 e. The molecule has 4 heteroatoms. The van der Waals surface area contributed by atoms with Crippen LogP contribution in [0.25, 0.3) is 0 Å². The van der Waals surface area contributed by atoms with Crippen LogP contribution in [0.15, 0.2) is 18.2 Å². The molecule has 0 aliphatic heterocycles. The largest absolute Gasteiger partial charge is 0.387 e. The van der Waals surface area contributed by atoms with Crippen LogP contribution in [0, 0.1) is 11.6 Å². The zero-order chi connectivity index (χ0) is 12.3. The molecule has 0 fully saturated rings. The zero-order valence-electron chi connectivity index (χ0n) is 9.67. The minimum Gasteiger partial charge on any atom is -0.387 e. The van der Waals surface area contributed by atoms with Crippen LogP contribution < -0.4 is 5.32 Å². The van der Waals surface area contributed by atoms with Crippen LogP contribution >= 0.6 is 0 Å². The van der Waals surface area contributed by atoms with Crippen molar-refractivity contribution in [1.29, 1.82) is 0 Å². The summed E-state index contributed by atoms with van der Waals surface area (Å²) in [4.78, 5) is 0. The van der Waals surface area contributed by atoms with E-state index in [1.54, 1.807) is 6.92 Å². The Morgan fingerprint density at radius 3 is 2.25 bits per heavy atom. The number of nitrogens with one attached hydrogen (secondary N) is 1. The standard InChI is InChI=1S/C12H17F2NO/c1-7(2)15-8(3)12(16)9-4-5-10(13)11(14)6-9/h4-8,12,15-16H,1-3H3. The fraction of sp³-hybridized carbons (Fsp3) is 0.500. The molecule has 16 heavy (non-hydrogen) atoms. The summed E-state index contributed by atoms with van der Waals surface area (Å²) in [6.45, 7) is 5.70. The molecule has 0 spiro atoms. The third-order valence-electron chi connectivity index (χ3n) is 2.36. The highest BCUT2D eigenvalue weighted by molar-refractivity contribution is 5.21. The van der Waals surface area contributed by atoms with Crippen LogP contribution in [0.3, 0.4) is 0 Å². The number of benzene rings is 1. The minimum absolute atomic E-state index is 0.218. The molecule has 0 saturated carbocycles. The molecule has 1 aromatic rings. The van der Waals surface area contributed by atoms with Gasteiger partial charge in [-0.1, -0.05) is 19.9 Å². The third-order valence-corrected chi connectivity index (χ3v) is 2.36. The van der Waals surface area contributed by atoms with E-state index in [-0.39, 0.29) is 12.1 Å². The number of aliphatic hydroxyl groups excluding tert-OH is 1. The molecule has 0 aliphatic carbocycles. The van der Waals surface area contributed by atoms with Gasteiger partial charge in [0.1, 0.15) is 0 Å². The first-order valence-electron chi connectivity index (χ1n) is 5.31. The SMILES string of the molecule is CC(C)NC(C)C(O)c1ccc(F)c(F)c1. The summed E-state index contributed by atoms with van der Waals surface area (Å²) >= 11 is 0. The van der Waals surface area contributed by atoms with Gasteiger partial charge in [0.2, 0.25) is 0 Å². The van der Waals surface area contributed by atoms with E-state index in [9.17, 15) is 13.9 Å². The summed E-state index contributed by atoms with van der Waals surface area (Å²) in [6.07, 6.45) is -0.850. The van der Waals surface area contributed by atoms with Gasteiger partial charge >= 0.3 is 0 Å². The van der Waals surface area contributed by atoms with E-state index < -0.39 is 17.7 Å². The Kier molecular flexibility index (Phi) is 4.38. The van der Waals surface area contributed by atoms with Gasteiger partial charge in [0, 0.05) is 12.1 Å². The number of aliphatic hydroxyl groups is 1. The third kappa shape index (κ3) is 3.25. The predicted octanol–water partition coefficient (Wildman–Crippen LogP) is 2.38. The van der Waals surface area contributed by atoms with E-state index in [0.29, 0.717) is 5.56 Å². The van der Waals surface area contributed by atoms with Crippen molar-refractivity contribution in [1.82, 2.24) is 5.32 Å². The molecule has 0 heterocycles. The summed E-state index contributed by atoms with van der Waals surface area (Å²) in [5.74, 6) is -1.84. The topological polar surface area (TPSA) is 32.3 Å². The molecular formula is C12H17F2NO. The maximum atomic E-state index is 13.0. The highest BCUT2D eigenvalue weighted by Gasteiger charge is 2.18. The van der Waals surface area contributed by atoms with Crippen molar-refractivity contribution in [2.24, 2.45) is 0 Å². The molecule has 2 atom stereocenters. The molecular weight excluding hydrogens is 212 g/mol. The molecule has 0 aliphatic rings. The molecule has 0 saturated heterocycles. The maximum absolute atomic E-state index is 13.0. The molecule has 0 amide bonds. The lowest BCUT2D eigenvalue weighted by Crippen LogP contribution is -2.37. The Balaban J connectivity index is 2.79. The molecule has 1 aromatic carbocycles. The van der Waals surface area contributed by atoms with Crippen molar-refractivity contribution in [3.8, 4) is 0 Å². The Labute approximate surface area is 94.3 Å². The molecule has 2 unspecified atom stereocenters. The molecule has 0 radical (unpaired) electrons. The lowest BCUT2D eigenvalue weighted by Gasteiger charge is -2.22. The molecule has 0 bridgehead atoms. The van der Waals surface area contributed by atoms with Crippen molar-refractivity contribution in [3.05, 3.63) is 35.4 Å². The van der Waals surface area contributed by atoms with Crippen molar-refractivity contribution in [2.45, 2.75) is 39.0 Å². The van der Waals surface area contributed by atoms with Crippen molar-refractivity contribution in [2.75, 3.05) is 0 Å². The summed E-state index contributed by atoms with van der Waals surface area (Å²) in [5, 5.41) is 13.0. The fourth-order valence-corrected chi connectivity index (χ4v) is 1.60. The van der Waals surface area contributed by atoms with Gasteiger partial charge in [-0.05, 0) is 24.6 Å². The van der Waals surface area contributed by atoms with Crippen LogP contribution in [-0.4, -0.2) is 17.2 Å². The lowest BCUT2D eigenvalue weighted by atomic mass is 10.0. The Morgan fingerprint density at radius 1 is 1.12 bits per heavy atom. The summed E-state index contributed by atoms with van der Waals surface area (Å²) in [5.41, 5.74) is 0.375. The Morgan fingerprint density at radius 2 is 1.75 bits per heavy atom. The van der Waals surface area contributed by atoms with E-state index in [2.05, 4.69) is 5.32 Å². The Hall–Kier alpha value is -1.00. The van der Waals surface area contributed by atoms with E-state index in [0.717, 1.165) is 12.1 Å². The molecule has 0 aromatic heterocycles. The van der Waals surface area contributed by atoms with Crippen LogP contribution in [0.2, 0.25) is 0 Å². The van der Waals surface area contributed by atoms with Crippen molar-refractivity contribution < 1.29 is 13.9 Å². The van der Waals surface area contributed by atoms with Crippen LogP contribution in [0.4, 0.5) is 8.78 Å². The average molecular weight is 229 g/mol. The number of halogens is 2. The summed E-state index contributed by atoms with van der Waals surface area (Å²) in [6, 6.07) is 3.44. The molecule has 2 N–H and O–H groups in total. The first kappa shape index (κ1) is 13.1. The van der Waals surface area contributed by atoms with E-state index in [1.165, 1.54) is 6.07 Å². The normalized spacial score (nSPS) is 15.2. The molecule has 1 rings (SSSR count). The van der Waals surface area contributed by atoms with Gasteiger partial charge in [0.25, 0.3) is 0 Å². The molecule has 2 nitrogen and oxygen atoms in total. The summed E-state index contributed by atoms with van der Waals surface area (Å²) < 4.78 is 25.7.